The van der Waals surface area contributed by atoms with Gasteiger partial charge in [0.15, 0.2) is 0 Å². The molecule has 0 saturated heterocycles. The van der Waals surface area contributed by atoms with E-state index < -0.39 is 0 Å². The highest BCUT2D eigenvalue weighted by atomic mass is 14.9. The minimum Gasteiger partial charge on any atom is -0.397 e. The number of nitrogen functional groups attached to an aromatic ring is 1. The molecule has 1 fully saturated rings. The predicted octanol–water partition coefficient (Wildman–Crippen LogP) is 4.59. The van der Waals surface area contributed by atoms with E-state index in [9.17, 15) is 0 Å². The average molecular weight is 283 g/mol. The Bertz CT molecular complexity index is 600. The molecule has 1 aromatic carbocycles. The number of fused-ring (bicyclic) bond motifs is 1. The SMILES string of the molecule is CCCC1CCC(Nc2ccnc3c(N)cccc23)CC1. The highest BCUT2D eigenvalue weighted by Crippen LogP contribution is 2.32. The lowest BCUT2D eigenvalue weighted by Crippen LogP contribution is -2.26. The second kappa shape index (κ2) is 6.33. The number of rotatable bonds is 4. The van der Waals surface area contributed by atoms with Crippen LogP contribution in [-0.4, -0.2) is 11.0 Å². The largest absolute Gasteiger partial charge is 0.397 e. The highest BCUT2D eigenvalue weighted by molar-refractivity contribution is 5.97. The molecular weight excluding hydrogens is 258 g/mol. The molecule has 0 amide bonds. The zero-order valence-corrected chi connectivity index (χ0v) is 12.8. The maximum atomic E-state index is 6.02. The minimum absolute atomic E-state index is 0.588. The van der Waals surface area contributed by atoms with Gasteiger partial charge >= 0.3 is 0 Å². The second-order valence-electron chi connectivity index (χ2n) is 6.25. The highest BCUT2D eigenvalue weighted by Gasteiger charge is 2.20. The first kappa shape index (κ1) is 14.2. The summed E-state index contributed by atoms with van der Waals surface area (Å²) in [6.07, 6.45) is 9.82. The Hall–Kier alpha value is -1.77. The molecule has 0 atom stereocenters. The number of hydrogen-bond donors (Lipinski definition) is 2. The molecule has 3 rings (SSSR count). The van der Waals surface area contributed by atoms with Gasteiger partial charge in [0, 0.05) is 23.3 Å². The zero-order chi connectivity index (χ0) is 14.7. The number of nitrogens with one attached hydrogen (secondary N) is 1. The number of anilines is 2. The summed E-state index contributed by atoms with van der Waals surface area (Å²) in [4.78, 5) is 4.41. The Labute approximate surface area is 127 Å². The van der Waals surface area contributed by atoms with Gasteiger partial charge in [-0.2, -0.15) is 0 Å². The van der Waals surface area contributed by atoms with Crippen LogP contribution in [0.25, 0.3) is 10.9 Å². The standard InChI is InChI=1S/C18H25N3/c1-2-4-13-7-9-14(10-8-13)21-17-11-12-20-18-15(17)5-3-6-16(18)19/h3,5-6,11-14H,2,4,7-10,19H2,1H3,(H,20,21). The first-order valence-electron chi connectivity index (χ1n) is 8.17. The summed E-state index contributed by atoms with van der Waals surface area (Å²) in [5.41, 5.74) is 8.85. The van der Waals surface area contributed by atoms with Crippen LogP contribution in [0.1, 0.15) is 45.4 Å². The van der Waals surface area contributed by atoms with E-state index in [0.717, 1.165) is 22.5 Å². The molecule has 1 aliphatic rings. The van der Waals surface area contributed by atoms with Gasteiger partial charge in [-0.3, -0.25) is 4.98 Å². The van der Waals surface area contributed by atoms with E-state index in [-0.39, 0.29) is 0 Å². The third kappa shape index (κ3) is 3.12. The zero-order valence-electron chi connectivity index (χ0n) is 12.8. The monoisotopic (exact) mass is 283 g/mol. The number of nitrogens with zero attached hydrogens (tertiary/aromatic N) is 1. The summed E-state index contributed by atoms with van der Waals surface area (Å²) in [5, 5.41) is 4.85. The molecule has 3 nitrogen and oxygen atoms in total. The fraction of sp³-hybridized carbons (Fsp3) is 0.500. The van der Waals surface area contributed by atoms with Gasteiger partial charge in [-0.1, -0.05) is 31.9 Å². The van der Waals surface area contributed by atoms with Gasteiger partial charge in [-0.25, -0.2) is 0 Å². The van der Waals surface area contributed by atoms with Crippen molar-refractivity contribution in [1.29, 1.82) is 0 Å². The van der Waals surface area contributed by atoms with Crippen LogP contribution in [0.3, 0.4) is 0 Å². The summed E-state index contributed by atoms with van der Waals surface area (Å²) in [6.45, 7) is 2.29. The van der Waals surface area contributed by atoms with Crippen molar-refractivity contribution in [2.75, 3.05) is 11.1 Å². The van der Waals surface area contributed by atoms with Crippen molar-refractivity contribution in [3.63, 3.8) is 0 Å². The topological polar surface area (TPSA) is 50.9 Å². The molecule has 1 aliphatic carbocycles. The third-order valence-electron chi connectivity index (χ3n) is 4.71. The van der Waals surface area contributed by atoms with Crippen molar-refractivity contribution in [3.05, 3.63) is 30.5 Å². The van der Waals surface area contributed by atoms with Crippen molar-refractivity contribution in [1.82, 2.24) is 4.98 Å². The van der Waals surface area contributed by atoms with Crippen molar-refractivity contribution < 1.29 is 0 Å². The van der Waals surface area contributed by atoms with Gasteiger partial charge in [-0.05, 0) is 43.7 Å². The average Bonchev–Trinajstić information content (AvgIpc) is 2.51. The Morgan fingerprint density at radius 3 is 2.76 bits per heavy atom. The van der Waals surface area contributed by atoms with Crippen molar-refractivity contribution in [2.45, 2.75) is 51.5 Å². The van der Waals surface area contributed by atoms with Crippen LogP contribution in [0.4, 0.5) is 11.4 Å². The van der Waals surface area contributed by atoms with Crippen molar-refractivity contribution in [2.24, 2.45) is 5.92 Å². The Morgan fingerprint density at radius 2 is 2.00 bits per heavy atom. The lowest BCUT2D eigenvalue weighted by Gasteiger charge is -2.30. The van der Waals surface area contributed by atoms with Crippen LogP contribution in [0.15, 0.2) is 30.5 Å². The minimum atomic E-state index is 0.588. The van der Waals surface area contributed by atoms with Crippen LogP contribution in [0, 0.1) is 5.92 Å². The van der Waals surface area contributed by atoms with E-state index >= 15 is 0 Å². The van der Waals surface area contributed by atoms with Crippen LogP contribution in [0.5, 0.6) is 0 Å². The normalized spacial score (nSPS) is 22.3. The maximum absolute atomic E-state index is 6.02. The van der Waals surface area contributed by atoms with Gasteiger partial charge in [-0.15, -0.1) is 0 Å². The molecule has 21 heavy (non-hydrogen) atoms. The number of nitrogens with two attached hydrogens (primary N) is 1. The molecule has 0 spiro atoms. The number of benzene rings is 1. The molecule has 1 aromatic heterocycles. The summed E-state index contributed by atoms with van der Waals surface area (Å²) in [5.74, 6) is 0.942. The maximum Gasteiger partial charge on any atom is 0.0951 e. The van der Waals surface area contributed by atoms with Crippen molar-refractivity contribution >= 4 is 22.3 Å². The fourth-order valence-corrected chi connectivity index (χ4v) is 3.55. The molecule has 3 N–H and O–H groups in total. The molecule has 0 bridgehead atoms. The van der Waals surface area contributed by atoms with Crippen LogP contribution < -0.4 is 11.1 Å². The van der Waals surface area contributed by atoms with Gasteiger partial charge < -0.3 is 11.1 Å². The Kier molecular flexibility index (Phi) is 4.28. The fourth-order valence-electron chi connectivity index (χ4n) is 3.55. The number of para-hydroxylation sites is 1. The third-order valence-corrected chi connectivity index (χ3v) is 4.71. The van der Waals surface area contributed by atoms with Gasteiger partial charge in [0.2, 0.25) is 0 Å². The summed E-state index contributed by atoms with van der Waals surface area (Å²) >= 11 is 0. The van der Waals surface area contributed by atoms with E-state index in [0.29, 0.717) is 6.04 Å². The Morgan fingerprint density at radius 1 is 1.19 bits per heavy atom. The van der Waals surface area contributed by atoms with E-state index in [4.69, 9.17) is 5.73 Å². The van der Waals surface area contributed by atoms with Gasteiger partial charge in [0.05, 0.1) is 11.2 Å². The quantitative estimate of drug-likeness (QED) is 0.807. The molecule has 0 radical (unpaired) electrons. The molecular formula is C18H25N3. The van der Waals surface area contributed by atoms with Crippen LogP contribution in [0.2, 0.25) is 0 Å². The number of hydrogen-bond acceptors (Lipinski definition) is 3. The molecule has 1 saturated carbocycles. The first-order valence-corrected chi connectivity index (χ1v) is 8.17. The van der Waals surface area contributed by atoms with Crippen LogP contribution in [-0.2, 0) is 0 Å². The first-order chi connectivity index (χ1) is 10.3. The van der Waals surface area contributed by atoms with Gasteiger partial charge in [0.1, 0.15) is 0 Å². The molecule has 0 unspecified atom stereocenters. The molecule has 0 aliphatic heterocycles. The van der Waals surface area contributed by atoms with E-state index in [1.807, 2.05) is 18.3 Å². The van der Waals surface area contributed by atoms with E-state index in [2.05, 4.69) is 29.4 Å². The molecule has 1 heterocycles. The molecule has 2 aromatic rings. The number of pyridine rings is 1. The summed E-state index contributed by atoms with van der Waals surface area (Å²) in [6, 6.07) is 8.67. The van der Waals surface area contributed by atoms with Gasteiger partial charge in [0.25, 0.3) is 0 Å². The van der Waals surface area contributed by atoms with Crippen molar-refractivity contribution in [3.8, 4) is 0 Å². The van der Waals surface area contributed by atoms with Crippen LogP contribution >= 0.6 is 0 Å². The lowest BCUT2D eigenvalue weighted by molar-refractivity contribution is 0.319. The summed E-state index contributed by atoms with van der Waals surface area (Å²) < 4.78 is 0. The molecule has 112 valence electrons. The summed E-state index contributed by atoms with van der Waals surface area (Å²) in [7, 11) is 0. The molecule has 3 heteroatoms. The second-order valence-corrected chi connectivity index (χ2v) is 6.25. The lowest BCUT2D eigenvalue weighted by atomic mass is 9.83. The van der Waals surface area contributed by atoms with E-state index in [1.54, 1.807) is 0 Å². The smallest absolute Gasteiger partial charge is 0.0951 e. The van der Waals surface area contributed by atoms with E-state index in [1.165, 1.54) is 44.2 Å². The Balaban J connectivity index is 1.73. The number of aromatic nitrogens is 1. The predicted molar refractivity (Wildman–Crippen MR) is 90.4 cm³/mol.